The first-order chi connectivity index (χ1) is 16.4. The van der Waals surface area contributed by atoms with Crippen LogP contribution in [0.15, 0.2) is 90.0 Å². The lowest BCUT2D eigenvalue weighted by atomic mass is 10.2. The number of hydrogen-bond donors (Lipinski definition) is 0. The van der Waals surface area contributed by atoms with Crippen molar-refractivity contribution in [3.05, 3.63) is 90.6 Å². The van der Waals surface area contributed by atoms with Crippen molar-refractivity contribution < 1.29 is 27.5 Å². The van der Waals surface area contributed by atoms with E-state index in [1.807, 2.05) is 0 Å². The molecule has 0 aliphatic heterocycles. The smallest absolute Gasteiger partial charge is 0.340 e. The zero-order valence-electron chi connectivity index (χ0n) is 18.5. The summed E-state index contributed by atoms with van der Waals surface area (Å²) in [4.78, 5) is 25.8. The number of ether oxygens (including phenoxy) is 2. The number of sulfonamides is 1. The van der Waals surface area contributed by atoms with Gasteiger partial charge in [-0.15, -0.1) is 0 Å². The van der Waals surface area contributed by atoms with E-state index in [1.165, 1.54) is 37.1 Å². The molecule has 9 heteroatoms. The molecule has 0 saturated heterocycles. The zero-order valence-corrected chi connectivity index (χ0v) is 19.4. The van der Waals surface area contributed by atoms with Gasteiger partial charge in [0.15, 0.2) is 0 Å². The molecule has 0 atom stereocenters. The number of carbonyl (C=O) groups is 2. The van der Waals surface area contributed by atoms with E-state index in [9.17, 15) is 18.0 Å². The highest BCUT2D eigenvalue weighted by Crippen LogP contribution is 2.32. The van der Waals surface area contributed by atoms with E-state index in [2.05, 4.69) is 0 Å². The van der Waals surface area contributed by atoms with Crippen LogP contribution in [-0.2, 0) is 14.8 Å². The molecule has 4 aromatic rings. The summed E-state index contributed by atoms with van der Waals surface area (Å²) in [7, 11) is -1.45. The van der Waals surface area contributed by atoms with Crippen LogP contribution < -0.4 is 9.04 Å². The Morgan fingerprint density at radius 3 is 2.24 bits per heavy atom. The first kappa shape index (κ1) is 23.1. The fourth-order valence-electron chi connectivity index (χ4n) is 3.71. The lowest BCUT2D eigenvalue weighted by Gasteiger charge is -2.25. The van der Waals surface area contributed by atoms with Crippen LogP contribution in [0.5, 0.6) is 5.75 Å². The summed E-state index contributed by atoms with van der Waals surface area (Å²) in [5.41, 5.74) is 0.887. The van der Waals surface area contributed by atoms with Gasteiger partial charge in [-0.3, -0.25) is 13.7 Å². The number of benzene rings is 3. The lowest BCUT2D eigenvalue weighted by molar-refractivity contribution is 0.0603. The third kappa shape index (κ3) is 4.13. The molecule has 0 amide bonds. The second-order valence-electron chi connectivity index (χ2n) is 7.31. The molecular formula is C25H22N2O6S. The normalized spacial score (nSPS) is 11.2. The molecule has 4 rings (SSSR count). The molecule has 0 spiro atoms. The van der Waals surface area contributed by atoms with Crippen molar-refractivity contribution in [1.29, 1.82) is 0 Å². The summed E-state index contributed by atoms with van der Waals surface area (Å²) in [6, 6.07) is 21.3. The first-order valence-corrected chi connectivity index (χ1v) is 11.7. The van der Waals surface area contributed by atoms with E-state index in [0.29, 0.717) is 16.7 Å². The minimum Gasteiger partial charge on any atom is -0.495 e. The zero-order chi connectivity index (χ0) is 24.3. The third-order valence-corrected chi connectivity index (χ3v) is 7.12. The minimum atomic E-state index is -4.13. The Morgan fingerprint density at radius 1 is 0.882 bits per heavy atom. The van der Waals surface area contributed by atoms with Gasteiger partial charge in [0.25, 0.3) is 15.9 Å². The van der Waals surface area contributed by atoms with Crippen molar-refractivity contribution >= 4 is 38.5 Å². The summed E-state index contributed by atoms with van der Waals surface area (Å²) < 4.78 is 39.8. The van der Waals surface area contributed by atoms with Crippen LogP contribution in [0.4, 0.5) is 5.69 Å². The Bertz CT molecular complexity index is 1460. The molecule has 0 unspecified atom stereocenters. The van der Waals surface area contributed by atoms with E-state index < -0.39 is 28.4 Å². The Balaban J connectivity index is 1.84. The van der Waals surface area contributed by atoms with Gasteiger partial charge in [0, 0.05) is 11.6 Å². The number of anilines is 1. The molecule has 0 saturated carbocycles. The van der Waals surface area contributed by atoms with Crippen molar-refractivity contribution in [1.82, 2.24) is 4.57 Å². The molecular weight excluding hydrogens is 456 g/mol. The average molecular weight is 479 g/mol. The van der Waals surface area contributed by atoms with Gasteiger partial charge in [-0.25, -0.2) is 13.2 Å². The van der Waals surface area contributed by atoms with Crippen LogP contribution in [0, 0.1) is 0 Å². The molecule has 34 heavy (non-hydrogen) atoms. The Kier molecular flexibility index (Phi) is 6.38. The number of aromatic nitrogens is 1. The standard InChI is InChI=1S/C25H22N2O6S/c1-32-23-15-9-8-14-22(23)27(34(30,31)18-10-4-3-5-11-18)17-24(28)26-16-20(25(29)33-2)19-12-6-7-13-21(19)26/h3-16H,17H2,1-2H3. The number of carbonyl (C=O) groups excluding carboxylic acids is 2. The monoisotopic (exact) mass is 478 g/mol. The van der Waals surface area contributed by atoms with Gasteiger partial charge >= 0.3 is 5.97 Å². The van der Waals surface area contributed by atoms with Gasteiger partial charge in [0.2, 0.25) is 0 Å². The number of rotatable bonds is 7. The predicted octanol–water partition coefficient (Wildman–Crippen LogP) is 3.97. The maximum absolute atomic E-state index is 13.6. The SMILES string of the molecule is COC(=O)c1cn(C(=O)CN(c2ccccc2OC)S(=O)(=O)c2ccccc2)c2ccccc12. The van der Waals surface area contributed by atoms with Crippen molar-refractivity contribution in [2.75, 3.05) is 25.1 Å². The first-order valence-electron chi connectivity index (χ1n) is 10.3. The number of para-hydroxylation sites is 3. The summed E-state index contributed by atoms with van der Waals surface area (Å²) in [6.45, 7) is -0.531. The second-order valence-corrected chi connectivity index (χ2v) is 9.17. The van der Waals surface area contributed by atoms with E-state index >= 15 is 0 Å². The molecule has 0 aliphatic rings. The van der Waals surface area contributed by atoms with Crippen LogP contribution in [0.3, 0.4) is 0 Å². The predicted molar refractivity (Wildman–Crippen MR) is 128 cm³/mol. The van der Waals surface area contributed by atoms with Crippen molar-refractivity contribution in [2.45, 2.75) is 4.90 Å². The summed E-state index contributed by atoms with van der Waals surface area (Å²) in [5.74, 6) is -0.861. The highest BCUT2D eigenvalue weighted by atomic mass is 32.2. The molecule has 0 fully saturated rings. The van der Waals surface area contributed by atoms with Crippen LogP contribution in [0.1, 0.15) is 15.2 Å². The van der Waals surface area contributed by atoms with Crippen molar-refractivity contribution in [3.63, 3.8) is 0 Å². The van der Waals surface area contributed by atoms with Gasteiger partial charge in [-0.05, 0) is 30.3 Å². The molecule has 3 aromatic carbocycles. The molecule has 0 N–H and O–H groups in total. The molecule has 0 radical (unpaired) electrons. The Labute approximate surface area is 197 Å². The Hall–Kier alpha value is -4.11. The van der Waals surface area contributed by atoms with E-state index in [-0.39, 0.29) is 16.1 Å². The van der Waals surface area contributed by atoms with Gasteiger partial charge in [0.05, 0.1) is 35.9 Å². The van der Waals surface area contributed by atoms with Crippen molar-refractivity contribution in [2.24, 2.45) is 0 Å². The molecule has 0 bridgehead atoms. The van der Waals surface area contributed by atoms with Gasteiger partial charge in [-0.1, -0.05) is 48.5 Å². The molecule has 174 valence electrons. The number of hydrogen-bond acceptors (Lipinski definition) is 6. The van der Waals surface area contributed by atoms with Gasteiger partial charge in [-0.2, -0.15) is 0 Å². The van der Waals surface area contributed by atoms with Crippen LogP contribution in [0.2, 0.25) is 0 Å². The highest BCUT2D eigenvalue weighted by molar-refractivity contribution is 7.92. The number of fused-ring (bicyclic) bond motifs is 1. The highest BCUT2D eigenvalue weighted by Gasteiger charge is 2.30. The molecule has 8 nitrogen and oxygen atoms in total. The van der Waals surface area contributed by atoms with Crippen LogP contribution >= 0.6 is 0 Å². The van der Waals surface area contributed by atoms with Crippen molar-refractivity contribution in [3.8, 4) is 5.75 Å². The largest absolute Gasteiger partial charge is 0.495 e. The van der Waals surface area contributed by atoms with Gasteiger partial charge < -0.3 is 9.47 Å². The lowest BCUT2D eigenvalue weighted by Crippen LogP contribution is -2.37. The molecule has 1 aromatic heterocycles. The van der Waals surface area contributed by atoms with Crippen LogP contribution in [-0.4, -0.2) is 45.6 Å². The van der Waals surface area contributed by atoms with E-state index in [1.54, 1.807) is 66.7 Å². The minimum absolute atomic E-state index is 0.0290. The van der Waals surface area contributed by atoms with Gasteiger partial charge in [0.1, 0.15) is 12.3 Å². The van der Waals surface area contributed by atoms with E-state index in [0.717, 1.165) is 4.31 Å². The third-order valence-electron chi connectivity index (χ3n) is 5.35. The number of esters is 1. The average Bonchev–Trinajstić information content (AvgIpc) is 3.27. The quantitative estimate of drug-likeness (QED) is 0.373. The Morgan fingerprint density at radius 2 is 1.53 bits per heavy atom. The second kappa shape index (κ2) is 9.40. The maximum atomic E-state index is 13.6. The van der Waals surface area contributed by atoms with Crippen LogP contribution in [0.25, 0.3) is 10.9 Å². The maximum Gasteiger partial charge on any atom is 0.340 e. The summed E-state index contributed by atoms with van der Waals surface area (Å²) in [5, 5.41) is 0.525. The molecule has 1 heterocycles. The fraction of sp³-hybridized carbons (Fsp3) is 0.120. The topological polar surface area (TPSA) is 94.9 Å². The number of methoxy groups -OCH3 is 2. The molecule has 0 aliphatic carbocycles. The fourth-order valence-corrected chi connectivity index (χ4v) is 5.16. The summed E-state index contributed by atoms with van der Waals surface area (Å²) >= 11 is 0. The van der Waals surface area contributed by atoms with E-state index in [4.69, 9.17) is 9.47 Å². The number of nitrogens with zero attached hydrogens (tertiary/aromatic N) is 2. The summed E-state index contributed by atoms with van der Waals surface area (Å²) in [6.07, 6.45) is 1.37.